The second-order valence-electron chi connectivity index (χ2n) is 1.77. The molecule has 0 aliphatic carbocycles. The van der Waals surface area contributed by atoms with Gasteiger partial charge in [-0.1, -0.05) is 18.2 Å². The fourth-order valence-corrected chi connectivity index (χ4v) is 0.315. The Bertz CT molecular complexity index is 231. The summed E-state index contributed by atoms with van der Waals surface area (Å²) in [4.78, 5) is 13.8. The predicted octanol–water partition coefficient (Wildman–Crippen LogP) is 1.80. The smallest absolute Gasteiger partial charge is 0.332 e. The first-order valence-electron chi connectivity index (χ1n) is 2.83. The lowest BCUT2D eigenvalue weighted by atomic mass is 10.3. The van der Waals surface area contributed by atoms with E-state index in [0.29, 0.717) is 0 Å². The number of rotatable bonds is 3. The van der Waals surface area contributed by atoms with Gasteiger partial charge in [0.05, 0.1) is 5.57 Å². The zero-order valence-electron chi connectivity index (χ0n) is 6.04. The monoisotopic (exact) mass is 173 g/mol. The third-order valence-electron chi connectivity index (χ3n) is 0.887. The van der Waals surface area contributed by atoms with Crippen molar-refractivity contribution in [1.82, 2.24) is 0 Å². The van der Waals surface area contributed by atoms with E-state index in [9.17, 15) is 4.79 Å². The third kappa shape index (κ3) is 4.33. The highest BCUT2D eigenvalue weighted by Crippen LogP contribution is 1.95. The number of carbonyl (C=O) groups is 1. The van der Waals surface area contributed by atoms with E-state index >= 15 is 0 Å². The van der Waals surface area contributed by atoms with Crippen molar-refractivity contribution in [2.75, 3.05) is 0 Å². The van der Waals surface area contributed by atoms with Gasteiger partial charge < -0.3 is 5.11 Å². The first kappa shape index (κ1) is 9.91. The minimum absolute atomic E-state index is 0.130. The molecule has 1 N–H and O–H groups in total. The molecule has 0 aromatic carbocycles. The lowest BCUT2D eigenvalue weighted by Crippen LogP contribution is -1.95. The molecule has 11 heavy (non-hydrogen) atoms. The molecule has 60 valence electrons. The number of nitrogens with zero attached hydrogens (tertiary/aromatic N) is 1. The Labute approximate surface area is 69.7 Å². The molecule has 0 bridgehead atoms. The quantitative estimate of drug-likeness (QED) is 0.523. The largest absolute Gasteiger partial charge is 0.478 e. The summed E-state index contributed by atoms with van der Waals surface area (Å²) in [5.74, 6) is -1.01. The molecule has 4 heteroatoms. The molecule has 0 rings (SSSR count). The van der Waals surface area contributed by atoms with Gasteiger partial charge in [0.25, 0.3) is 0 Å². The molecular weight excluding hydrogens is 166 g/mol. The van der Waals surface area contributed by atoms with Crippen molar-refractivity contribution >= 4 is 22.7 Å². The van der Waals surface area contributed by atoms with E-state index in [1.807, 2.05) is 0 Å². The van der Waals surface area contributed by atoms with Gasteiger partial charge in [-0.05, 0) is 13.0 Å². The van der Waals surface area contributed by atoms with Crippen LogP contribution in [0.2, 0.25) is 0 Å². The van der Waals surface area contributed by atoms with Crippen LogP contribution < -0.4 is 0 Å². The van der Waals surface area contributed by atoms with Crippen LogP contribution in [0.25, 0.3) is 0 Å². The number of hydrogen-bond donors (Lipinski definition) is 1. The third-order valence-corrected chi connectivity index (χ3v) is 1.14. The fourth-order valence-electron chi connectivity index (χ4n) is 0.266. The molecule has 3 nitrogen and oxygen atoms in total. The minimum atomic E-state index is -1.01. The summed E-state index contributed by atoms with van der Waals surface area (Å²) in [5.41, 5.74) is 0.130. The summed E-state index contributed by atoms with van der Waals surface area (Å²) in [6.45, 7) is 4.77. The molecule has 0 spiro atoms. The molecular formula is C7H8ClNO2. The highest BCUT2D eigenvalue weighted by Gasteiger charge is 1.96. The number of hydrogen-bond acceptors (Lipinski definition) is 2. The molecule has 0 amide bonds. The maximum atomic E-state index is 10.2. The number of allylic oxidation sites excluding steroid dienone is 1. The molecule has 0 aliphatic heterocycles. The molecule has 0 heterocycles. The Kier molecular flexibility index (Phi) is 4.22. The topological polar surface area (TPSA) is 49.7 Å². The molecule has 0 radical (unpaired) electrons. The lowest BCUT2D eigenvalue weighted by molar-refractivity contribution is -0.132. The zero-order chi connectivity index (χ0) is 8.85. The van der Waals surface area contributed by atoms with Crippen LogP contribution in [-0.4, -0.2) is 16.2 Å². The Morgan fingerprint density at radius 1 is 1.73 bits per heavy atom. The number of halogens is 1. The van der Waals surface area contributed by atoms with Crippen molar-refractivity contribution in [3.05, 3.63) is 24.4 Å². The van der Waals surface area contributed by atoms with Crippen LogP contribution in [0.15, 0.2) is 29.4 Å². The molecule has 0 aromatic heterocycles. The van der Waals surface area contributed by atoms with Crippen molar-refractivity contribution in [3.63, 3.8) is 0 Å². The van der Waals surface area contributed by atoms with Gasteiger partial charge in [0, 0.05) is 6.20 Å². The Hall–Kier alpha value is -1.09. The van der Waals surface area contributed by atoms with Gasteiger partial charge >= 0.3 is 5.97 Å². The van der Waals surface area contributed by atoms with E-state index < -0.39 is 5.97 Å². The van der Waals surface area contributed by atoms with E-state index in [-0.39, 0.29) is 10.7 Å². The number of carboxylic acid groups (broad SMARTS) is 1. The minimum Gasteiger partial charge on any atom is -0.478 e. The van der Waals surface area contributed by atoms with Crippen LogP contribution >= 0.6 is 11.6 Å². The molecule has 0 atom stereocenters. The van der Waals surface area contributed by atoms with Crippen LogP contribution in [0, 0.1) is 0 Å². The maximum absolute atomic E-state index is 10.2. The van der Waals surface area contributed by atoms with Gasteiger partial charge in [-0.2, -0.15) is 0 Å². The van der Waals surface area contributed by atoms with E-state index in [0.717, 1.165) is 0 Å². The average molecular weight is 174 g/mol. The van der Waals surface area contributed by atoms with Gasteiger partial charge in [-0.25, -0.2) is 9.79 Å². The highest BCUT2D eigenvalue weighted by atomic mass is 35.5. The number of aliphatic carboxylic acids is 1. The van der Waals surface area contributed by atoms with Crippen molar-refractivity contribution < 1.29 is 9.90 Å². The summed E-state index contributed by atoms with van der Waals surface area (Å²) in [6, 6.07) is 0. The fraction of sp³-hybridized carbons (Fsp3) is 0.143. The van der Waals surface area contributed by atoms with Crippen molar-refractivity contribution in [1.29, 1.82) is 0 Å². The zero-order valence-corrected chi connectivity index (χ0v) is 6.80. The van der Waals surface area contributed by atoms with Crippen LogP contribution in [0.4, 0.5) is 0 Å². The van der Waals surface area contributed by atoms with E-state index in [1.165, 1.54) is 19.2 Å². The van der Waals surface area contributed by atoms with Gasteiger partial charge in [0.15, 0.2) is 0 Å². The van der Waals surface area contributed by atoms with Crippen molar-refractivity contribution in [2.24, 2.45) is 4.99 Å². The Balaban J connectivity index is 4.34. The Morgan fingerprint density at radius 2 is 2.27 bits per heavy atom. The maximum Gasteiger partial charge on any atom is 0.332 e. The first-order chi connectivity index (χ1) is 5.07. The first-order valence-corrected chi connectivity index (χ1v) is 3.21. The number of aliphatic imine (C=N–C) groups is 1. The summed E-state index contributed by atoms with van der Waals surface area (Å²) >= 11 is 5.41. The van der Waals surface area contributed by atoms with Gasteiger partial charge in [0.2, 0.25) is 0 Å². The van der Waals surface area contributed by atoms with Crippen molar-refractivity contribution in [2.45, 2.75) is 6.92 Å². The second kappa shape index (κ2) is 4.68. The van der Waals surface area contributed by atoms with Crippen molar-refractivity contribution in [3.8, 4) is 0 Å². The van der Waals surface area contributed by atoms with Crippen LogP contribution in [0.5, 0.6) is 0 Å². The summed E-state index contributed by atoms with van der Waals surface area (Å²) in [7, 11) is 0. The van der Waals surface area contributed by atoms with Gasteiger partial charge in [-0.15, -0.1) is 0 Å². The molecule has 0 saturated carbocycles. The van der Waals surface area contributed by atoms with Crippen LogP contribution in [0.3, 0.4) is 0 Å². The summed E-state index contributed by atoms with van der Waals surface area (Å²) in [5, 5.41) is 8.53. The average Bonchev–Trinajstić information content (AvgIpc) is 1.99. The van der Waals surface area contributed by atoms with Gasteiger partial charge in [0.1, 0.15) is 5.17 Å². The van der Waals surface area contributed by atoms with Crippen LogP contribution in [0.1, 0.15) is 6.92 Å². The molecule has 0 fully saturated rings. The molecule has 0 saturated heterocycles. The molecule has 0 aliphatic rings. The Morgan fingerprint density at radius 3 is 2.64 bits per heavy atom. The summed E-state index contributed by atoms with van der Waals surface area (Å²) < 4.78 is 0. The standard InChI is InChI=1S/C7H8ClNO2/c1-3-6(8)9-4-5(2)7(10)11/h3-4H,1H2,2H3,(H,10,11)/b5-4+,9-6?. The lowest BCUT2D eigenvalue weighted by Gasteiger charge is -1.87. The van der Waals surface area contributed by atoms with E-state index in [2.05, 4.69) is 11.6 Å². The predicted molar refractivity (Wildman–Crippen MR) is 44.9 cm³/mol. The van der Waals surface area contributed by atoms with Gasteiger partial charge in [-0.3, -0.25) is 0 Å². The SMILES string of the molecule is C=CC(Cl)=N/C=C(\C)C(=O)O. The molecule has 0 unspecified atom stereocenters. The second-order valence-corrected chi connectivity index (χ2v) is 2.16. The highest BCUT2D eigenvalue weighted by molar-refractivity contribution is 6.68. The summed E-state index contributed by atoms with van der Waals surface area (Å²) in [6.07, 6.45) is 2.50. The molecule has 0 aromatic rings. The van der Waals surface area contributed by atoms with E-state index in [4.69, 9.17) is 16.7 Å². The normalized spacial score (nSPS) is 12.9. The van der Waals surface area contributed by atoms with E-state index in [1.54, 1.807) is 0 Å². The number of carboxylic acids is 1. The van der Waals surface area contributed by atoms with Crippen LogP contribution in [-0.2, 0) is 4.79 Å².